The van der Waals surface area contributed by atoms with Gasteiger partial charge in [0.05, 0.1) is 17.9 Å². The Morgan fingerprint density at radius 3 is 2.26 bits per heavy atom. The van der Waals surface area contributed by atoms with E-state index in [0.29, 0.717) is 21.7 Å². The van der Waals surface area contributed by atoms with E-state index in [4.69, 9.17) is 11.0 Å². The first-order chi connectivity index (χ1) is 15.8. The Bertz CT molecular complexity index is 1250. The van der Waals surface area contributed by atoms with E-state index >= 15 is 0 Å². The summed E-state index contributed by atoms with van der Waals surface area (Å²) in [6.07, 6.45) is -3.89. The van der Waals surface area contributed by atoms with Crippen molar-refractivity contribution < 1.29 is 31.1 Å². The van der Waals surface area contributed by atoms with Crippen molar-refractivity contribution in [2.75, 3.05) is 11.2 Å². The van der Waals surface area contributed by atoms with E-state index in [-0.39, 0.29) is 12.2 Å². The number of carbonyl (C=O) groups excluding carboxylic acids is 1. The molecule has 1 aliphatic heterocycles. The highest BCUT2D eigenvalue weighted by atomic mass is 32.2. The van der Waals surface area contributed by atoms with Gasteiger partial charge in [-0.15, -0.1) is 13.2 Å². The first kappa shape index (κ1) is 25.3. The van der Waals surface area contributed by atoms with Gasteiger partial charge in [-0.1, -0.05) is 23.9 Å². The quantitative estimate of drug-likeness (QED) is 0.604. The molecule has 0 fully saturated rings. The molecule has 0 aliphatic carbocycles. The Balaban J connectivity index is 2.03. The molecule has 1 aliphatic rings. The fourth-order valence-corrected chi connectivity index (χ4v) is 6.15. The molecule has 0 bridgehead atoms. The number of halogens is 3. The number of rotatable bonds is 7. The van der Waals surface area contributed by atoms with E-state index < -0.39 is 33.5 Å². The SMILES string of the molecule is CC1=C(C(N)=O)N(S(C)(=O)=O)C(N(Cc2ccc(OC(F)(F)F)cc2)c2ccc(C#N)cc2)S1. The van der Waals surface area contributed by atoms with Crippen LogP contribution >= 0.6 is 11.8 Å². The number of benzene rings is 2. The number of nitriles is 1. The summed E-state index contributed by atoms with van der Waals surface area (Å²) in [4.78, 5) is 14.1. The molecule has 34 heavy (non-hydrogen) atoms. The number of amides is 1. The lowest BCUT2D eigenvalue weighted by atomic mass is 10.1. The van der Waals surface area contributed by atoms with E-state index in [1.54, 1.807) is 36.1 Å². The maximum Gasteiger partial charge on any atom is 0.573 e. The molecule has 0 saturated carbocycles. The molecular formula is C21H19F3N4O4S2. The lowest BCUT2D eigenvalue weighted by molar-refractivity contribution is -0.274. The Morgan fingerprint density at radius 1 is 1.21 bits per heavy atom. The number of alkyl halides is 3. The molecule has 2 aromatic rings. The van der Waals surface area contributed by atoms with Crippen molar-refractivity contribution in [2.45, 2.75) is 25.3 Å². The summed E-state index contributed by atoms with van der Waals surface area (Å²) in [7, 11) is -3.95. The largest absolute Gasteiger partial charge is 0.573 e. The normalized spacial score (nSPS) is 16.4. The van der Waals surface area contributed by atoms with Crippen molar-refractivity contribution >= 4 is 33.4 Å². The van der Waals surface area contributed by atoms with Crippen LogP contribution in [0.25, 0.3) is 0 Å². The number of anilines is 1. The predicted octanol–water partition coefficient (Wildman–Crippen LogP) is 3.47. The van der Waals surface area contributed by atoms with Gasteiger partial charge in [0.25, 0.3) is 5.91 Å². The topological polar surface area (TPSA) is 117 Å². The van der Waals surface area contributed by atoms with Crippen LogP contribution in [0, 0.1) is 11.3 Å². The molecule has 1 amide bonds. The highest BCUT2D eigenvalue weighted by Crippen LogP contribution is 2.43. The number of sulfonamides is 1. The molecule has 8 nitrogen and oxygen atoms in total. The summed E-state index contributed by atoms with van der Waals surface area (Å²) in [5.74, 6) is -1.31. The van der Waals surface area contributed by atoms with Crippen molar-refractivity contribution in [3.05, 3.63) is 70.3 Å². The standard InChI is InChI=1S/C21H19F3N4O4S2/c1-13-18(19(26)29)28(34(2,30)31)20(33-13)27(16-7-3-14(11-25)4-8-16)12-15-5-9-17(10-6-15)32-21(22,23)24/h3-10,20H,12H2,1-2H3,(H2,26,29). The Kier molecular flexibility index (Phi) is 7.04. The molecule has 0 saturated heterocycles. The third-order valence-corrected chi connectivity index (χ3v) is 7.19. The fraction of sp³-hybridized carbons (Fsp3) is 0.238. The average Bonchev–Trinajstić information content (AvgIpc) is 3.10. The molecule has 180 valence electrons. The Hall–Kier alpha value is -3.37. The molecule has 1 unspecified atom stereocenters. The van der Waals surface area contributed by atoms with E-state index in [2.05, 4.69) is 4.74 Å². The first-order valence-electron chi connectivity index (χ1n) is 9.58. The van der Waals surface area contributed by atoms with Crippen molar-refractivity contribution in [1.82, 2.24) is 4.31 Å². The lowest BCUT2D eigenvalue weighted by Gasteiger charge is -2.36. The molecular weight excluding hydrogens is 493 g/mol. The van der Waals surface area contributed by atoms with Crippen LogP contribution in [0.15, 0.2) is 59.1 Å². The molecule has 1 heterocycles. The van der Waals surface area contributed by atoms with Crippen LogP contribution < -0.4 is 15.4 Å². The van der Waals surface area contributed by atoms with Gasteiger partial charge in [0.15, 0.2) is 5.50 Å². The van der Waals surface area contributed by atoms with Gasteiger partial charge in [-0.25, -0.2) is 12.7 Å². The van der Waals surface area contributed by atoms with Crippen LogP contribution in [-0.2, 0) is 21.4 Å². The minimum Gasteiger partial charge on any atom is -0.406 e. The molecule has 2 N–H and O–H groups in total. The van der Waals surface area contributed by atoms with Crippen LogP contribution in [0.3, 0.4) is 0 Å². The van der Waals surface area contributed by atoms with Crippen molar-refractivity contribution in [3.8, 4) is 11.8 Å². The second kappa shape index (κ2) is 9.47. The minimum absolute atomic E-state index is 0.0568. The van der Waals surface area contributed by atoms with Crippen LogP contribution in [0.2, 0.25) is 0 Å². The number of thioether (sulfide) groups is 1. The zero-order valence-electron chi connectivity index (χ0n) is 17.9. The number of hydrogen-bond acceptors (Lipinski definition) is 7. The number of carbonyl (C=O) groups is 1. The van der Waals surface area contributed by atoms with Gasteiger partial charge in [0.1, 0.15) is 11.4 Å². The number of ether oxygens (including phenoxy) is 1. The highest BCUT2D eigenvalue weighted by Gasteiger charge is 2.42. The zero-order valence-corrected chi connectivity index (χ0v) is 19.5. The third kappa shape index (κ3) is 5.75. The molecule has 2 aromatic carbocycles. The van der Waals surface area contributed by atoms with Gasteiger partial charge in [-0.05, 0) is 48.9 Å². The van der Waals surface area contributed by atoms with Crippen molar-refractivity contribution in [2.24, 2.45) is 5.73 Å². The maximum atomic E-state index is 12.6. The predicted molar refractivity (Wildman–Crippen MR) is 120 cm³/mol. The van der Waals surface area contributed by atoms with E-state index in [0.717, 1.165) is 34.5 Å². The molecule has 1 atom stereocenters. The van der Waals surface area contributed by atoms with Gasteiger partial charge in [0.2, 0.25) is 10.0 Å². The summed E-state index contributed by atoms with van der Waals surface area (Å²) < 4.78 is 67.5. The molecule has 0 aromatic heterocycles. The summed E-state index contributed by atoms with van der Waals surface area (Å²) in [5, 5.41) is 9.09. The number of hydrogen-bond donors (Lipinski definition) is 1. The summed E-state index contributed by atoms with van der Waals surface area (Å²) in [5.41, 5.74) is 5.78. The third-order valence-electron chi connectivity index (χ3n) is 4.73. The number of primary amides is 1. The van der Waals surface area contributed by atoms with Gasteiger partial charge in [-0.3, -0.25) is 4.79 Å². The smallest absolute Gasteiger partial charge is 0.406 e. The van der Waals surface area contributed by atoms with Crippen LogP contribution in [0.1, 0.15) is 18.1 Å². The lowest BCUT2D eigenvalue weighted by Crippen LogP contribution is -2.47. The Morgan fingerprint density at radius 2 is 1.79 bits per heavy atom. The highest BCUT2D eigenvalue weighted by molar-refractivity contribution is 8.04. The van der Waals surface area contributed by atoms with E-state index in [1.165, 1.54) is 12.1 Å². The fourth-order valence-electron chi connectivity index (χ4n) is 3.35. The van der Waals surface area contributed by atoms with Gasteiger partial charge >= 0.3 is 6.36 Å². The van der Waals surface area contributed by atoms with E-state index in [1.807, 2.05) is 6.07 Å². The van der Waals surface area contributed by atoms with Gasteiger partial charge < -0.3 is 15.4 Å². The minimum atomic E-state index is -4.83. The second-order valence-electron chi connectivity index (χ2n) is 7.25. The van der Waals surface area contributed by atoms with E-state index in [9.17, 15) is 26.4 Å². The van der Waals surface area contributed by atoms with Crippen molar-refractivity contribution in [3.63, 3.8) is 0 Å². The second-order valence-corrected chi connectivity index (χ2v) is 10.4. The average molecular weight is 513 g/mol. The number of allylic oxidation sites excluding steroid dienone is 1. The van der Waals surface area contributed by atoms with Crippen LogP contribution in [-0.4, -0.2) is 36.7 Å². The molecule has 3 rings (SSSR count). The molecule has 0 spiro atoms. The molecule has 0 radical (unpaired) electrons. The number of nitrogens with zero attached hydrogens (tertiary/aromatic N) is 3. The monoisotopic (exact) mass is 512 g/mol. The summed E-state index contributed by atoms with van der Waals surface area (Å²) in [6.45, 7) is 1.63. The van der Waals surface area contributed by atoms with Crippen LogP contribution in [0.5, 0.6) is 5.75 Å². The maximum absolute atomic E-state index is 12.6. The van der Waals surface area contributed by atoms with Gasteiger partial charge in [0, 0.05) is 17.1 Å². The first-order valence-corrected chi connectivity index (χ1v) is 12.3. The molecule has 13 heteroatoms. The van der Waals surface area contributed by atoms with Crippen LogP contribution in [0.4, 0.5) is 18.9 Å². The van der Waals surface area contributed by atoms with Gasteiger partial charge in [-0.2, -0.15) is 5.26 Å². The Labute approximate surface area is 198 Å². The number of nitrogens with two attached hydrogens (primary N) is 1. The summed E-state index contributed by atoms with van der Waals surface area (Å²) in [6, 6.07) is 13.4. The summed E-state index contributed by atoms with van der Waals surface area (Å²) >= 11 is 1.09. The zero-order chi connectivity index (χ0) is 25.3. The van der Waals surface area contributed by atoms with Crippen molar-refractivity contribution in [1.29, 1.82) is 5.26 Å².